The molecule has 0 amide bonds. The van der Waals surface area contributed by atoms with Crippen molar-refractivity contribution in [2.75, 3.05) is 13.1 Å². The van der Waals surface area contributed by atoms with E-state index in [2.05, 4.69) is 11.8 Å². The van der Waals surface area contributed by atoms with Gasteiger partial charge in [-0.3, -0.25) is 0 Å². The maximum Gasteiger partial charge on any atom is 0.0740 e. The van der Waals surface area contributed by atoms with Crippen molar-refractivity contribution in [3.05, 3.63) is 0 Å². The van der Waals surface area contributed by atoms with Crippen molar-refractivity contribution in [1.29, 1.82) is 0 Å². The number of hydrogen-bond acceptors (Lipinski definition) is 2. The van der Waals surface area contributed by atoms with Gasteiger partial charge in [0, 0.05) is 19.0 Å². The molecule has 0 saturated carbocycles. The Labute approximate surface area is 73.7 Å². The van der Waals surface area contributed by atoms with E-state index < -0.39 is 0 Å². The number of hydrogen-bond donors (Lipinski definition) is 1. The minimum Gasteiger partial charge on any atom is -0.393 e. The summed E-state index contributed by atoms with van der Waals surface area (Å²) >= 11 is 4.82. The predicted octanol–water partition coefficient (Wildman–Crippen LogP) is 1.15. The van der Waals surface area contributed by atoms with E-state index in [-0.39, 0.29) is 0 Å². The molecule has 1 unspecified atom stereocenters. The fourth-order valence-electron chi connectivity index (χ4n) is 1.58. The second kappa shape index (κ2) is 4.02. The smallest absolute Gasteiger partial charge is 0.0740 e. The van der Waals surface area contributed by atoms with E-state index in [0.29, 0.717) is 4.99 Å². The van der Waals surface area contributed by atoms with Crippen molar-refractivity contribution in [1.82, 2.24) is 4.90 Å². The average Bonchev–Trinajstić information content (AvgIpc) is 2.31. The quantitative estimate of drug-likeness (QED) is 0.647. The minimum atomic E-state index is 0.643. The fraction of sp³-hybridized carbons (Fsp3) is 0.875. The van der Waals surface area contributed by atoms with Crippen LogP contribution in [0, 0.1) is 0 Å². The summed E-state index contributed by atoms with van der Waals surface area (Å²) in [6.07, 6.45) is 3.54. The first kappa shape index (κ1) is 8.94. The number of nitrogens with zero attached hydrogens (tertiary/aromatic N) is 1. The zero-order valence-electron chi connectivity index (χ0n) is 7.05. The van der Waals surface area contributed by atoms with Gasteiger partial charge in [-0.15, -0.1) is 0 Å². The summed E-state index contributed by atoms with van der Waals surface area (Å²) in [5, 5.41) is 0. The first-order valence-electron chi connectivity index (χ1n) is 4.22. The number of thiocarbonyl (C=S) groups is 1. The summed E-state index contributed by atoms with van der Waals surface area (Å²) in [7, 11) is 0. The van der Waals surface area contributed by atoms with Crippen LogP contribution in [0.3, 0.4) is 0 Å². The third-order valence-corrected chi connectivity index (χ3v) is 2.54. The van der Waals surface area contributed by atoms with Gasteiger partial charge in [-0.2, -0.15) is 0 Å². The van der Waals surface area contributed by atoms with Crippen molar-refractivity contribution in [3.63, 3.8) is 0 Å². The Balaban J connectivity index is 2.20. The Bertz CT molecular complexity index is 147. The lowest BCUT2D eigenvalue weighted by Crippen LogP contribution is -2.30. The Hall–Kier alpha value is -0.150. The Morgan fingerprint density at radius 3 is 2.91 bits per heavy atom. The lowest BCUT2D eigenvalue weighted by molar-refractivity contribution is 0.277. The lowest BCUT2D eigenvalue weighted by Gasteiger charge is -2.19. The van der Waals surface area contributed by atoms with Crippen LogP contribution in [-0.4, -0.2) is 29.0 Å². The van der Waals surface area contributed by atoms with Gasteiger partial charge in [-0.25, -0.2) is 0 Å². The summed E-state index contributed by atoms with van der Waals surface area (Å²) in [5.41, 5.74) is 5.42. The van der Waals surface area contributed by atoms with E-state index >= 15 is 0 Å². The normalized spacial score (nSPS) is 25.7. The largest absolute Gasteiger partial charge is 0.393 e. The average molecular weight is 172 g/mol. The molecule has 64 valence electrons. The molecule has 2 nitrogen and oxygen atoms in total. The summed E-state index contributed by atoms with van der Waals surface area (Å²) in [6.45, 7) is 4.55. The van der Waals surface area contributed by atoms with Crippen molar-refractivity contribution in [2.45, 2.75) is 32.2 Å². The molecule has 3 heteroatoms. The van der Waals surface area contributed by atoms with E-state index in [4.69, 9.17) is 18.0 Å². The van der Waals surface area contributed by atoms with Crippen LogP contribution in [0.2, 0.25) is 0 Å². The van der Waals surface area contributed by atoms with Gasteiger partial charge in [0.05, 0.1) is 4.99 Å². The summed E-state index contributed by atoms with van der Waals surface area (Å²) in [6, 6.07) is 0.740. The molecule has 0 aromatic carbocycles. The van der Waals surface area contributed by atoms with Crippen LogP contribution in [0.25, 0.3) is 0 Å². The van der Waals surface area contributed by atoms with Crippen molar-refractivity contribution in [2.24, 2.45) is 5.73 Å². The summed E-state index contributed by atoms with van der Waals surface area (Å²) in [5.74, 6) is 0. The van der Waals surface area contributed by atoms with Crippen LogP contribution in [0.15, 0.2) is 0 Å². The molecule has 1 rings (SSSR count). The summed E-state index contributed by atoms with van der Waals surface area (Å²) in [4.78, 5) is 3.10. The van der Waals surface area contributed by atoms with Gasteiger partial charge in [0.25, 0.3) is 0 Å². The highest BCUT2D eigenvalue weighted by Crippen LogP contribution is 2.15. The van der Waals surface area contributed by atoms with Crippen LogP contribution < -0.4 is 5.73 Å². The highest BCUT2D eigenvalue weighted by atomic mass is 32.1. The van der Waals surface area contributed by atoms with E-state index in [0.717, 1.165) is 19.0 Å². The van der Waals surface area contributed by atoms with Crippen LogP contribution >= 0.6 is 12.2 Å². The van der Waals surface area contributed by atoms with Crippen LogP contribution in [0.5, 0.6) is 0 Å². The summed E-state index contributed by atoms with van der Waals surface area (Å²) < 4.78 is 0. The molecule has 0 spiro atoms. The first-order chi connectivity index (χ1) is 5.20. The molecule has 1 fully saturated rings. The molecule has 0 bridgehead atoms. The van der Waals surface area contributed by atoms with Gasteiger partial charge in [0.15, 0.2) is 0 Å². The van der Waals surface area contributed by atoms with Crippen LogP contribution in [0.4, 0.5) is 0 Å². The molecule has 1 saturated heterocycles. The monoisotopic (exact) mass is 172 g/mol. The third kappa shape index (κ3) is 2.75. The Morgan fingerprint density at radius 2 is 2.45 bits per heavy atom. The van der Waals surface area contributed by atoms with Gasteiger partial charge in [0.2, 0.25) is 0 Å². The maximum atomic E-state index is 5.42. The molecule has 1 heterocycles. The Kier molecular flexibility index (Phi) is 3.27. The standard InChI is InChI=1S/C8H16N2S/c1-7-3-2-5-10(7)6-4-8(9)11/h7H,2-6H2,1H3,(H2,9,11). The molecule has 0 radical (unpaired) electrons. The van der Waals surface area contributed by atoms with E-state index in [9.17, 15) is 0 Å². The van der Waals surface area contributed by atoms with Crippen LogP contribution in [-0.2, 0) is 0 Å². The Morgan fingerprint density at radius 1 is 1.73 bits per heavy atom. The fourth-order valence-corrected chi connectivity index (χ4v) is 1.67. The molecular formula is C8H16N2S. The molecule has 2 N–H and O–H groups in total. The third-order valence-electron chi connectivity index (χ3n) is 2.34. The molecule has 1 aliphatic rings. The molecule has 0 aromatic rings. The second-order valence-corrected chi connectivity index (χ2v) is 3.77. The highest BCUT2D eigenvalue weighted by molar-refractivity contribution is 7.80. The van der Waals surface area contributed by atoms with Crippen molar-refractivity contribution < 1.29 is 0 Å². The molecule has 11 heavy (non-hydrogen) atoms. The maximum absolute atomic E-state index is 5.42. The molecular weight excluding hydrogens is 156 g/mol. The molecule has 0 aliphatic carbocycles. The lowest BCUT2D eigenvalue weighted by atomic mass is 10.2. The predicted molar refractivity (Wildman–Crippen MR) is 51.7 cm³/mol. The molecule has 1 atom stereocenters. The highest BCUT2D eigenvalue weighted by Gasteiger charge is 2.19. The number of nitrogens with two attached hydrogens (primary N) is 1. The number of rotatable bonds is 3. The topological polar surface area (TPSA) is 29.3 Å². The first-order valence-corrected chi connectivity index (χ1v) is 4.63. The molecule has 0 aromatic heterocycles. The molecule has 1 aliphatic heterocycles. The van der Waals surface area contributed by atoms with E-state index in [1.807, 2.05) is 0 Å². The van der Waals surface area contributed by atoms with Gasteiger partial charge >= 0.3 is 0 Å². The van der Waals surface area contributed by atoms with Gasteiger partial charge in [-0.05, 0) is 26.3 Å². The van der Waals surface area contributed by atoms with E-state index in [1.165, 1.54) is 19.4 Å². The zero-order chi connectivity index (χ0) is 8.27. The number of likely N-dealkylation sites (tertiary alicyclic amines) is 1. The van der Waals surface area contributed by atoms with Gasteiger partial charge in [-0.1, -0.05) is 12.2 Å². The van der Waals surface area contributed by atoms with Crippen molar-refractivity contribution in [3.8, 4) is 0 Å². The zero-order valence-corrected chi connectivity index (χ0v) is 7.86. The minimum absolute atomic E-state index is 0.643. The second-order valence-electron chi connectivity index (χ2n) is 3.24. The van der Waals surface area contributed by atoms with Crippen molar-refractivity contribution >= 4 is 17.2 Å². The van der Waals surface area contributed by atoms with E-state index in [1.54, 1.807) is 0 Å². The van der Waals surface area contributed by atoms with Gasteiger partial charge < -0.3 is 10.6 Å². The van der Waals surface area contributed by atoms with Crippen LogP contribution in [0.1, 0.15) is 26.2 Å². The van der Waals surface area contributed by atoms with Gasteiger partial charge in [0.1, 0.15) is 0 Å². The SMILES string of the molecule is CC1CCCN1CCC(N)=S.